The predicted octanol–water partition coefficient (Wildman–Crippen LogP) is 3.30. The molecule has 0 aliphatic carbocycles. The van der Waals surface area contributed by atoms with Crippen molar-refractivity contribution in [1.82, 2.24) is 0 Å². The molecule has 3 heteroatoms. The van der Waals surface area contributed by atoms with Gasteiger partial charge in [0.05, 0.1) is 12.7 Å². The van der Waals surface area contributed by atoms with E-state index in [1.54, 1.807) is 6.07 Å². The molecule has 1 N–H and O–H groups in total. The van der Waals surface area contributed by atoms with Crippen LogP contribution >= 0.6 is 0 Å². The van der Waals surface area contributed by atoms with Crippen LogP contribution in [-0.4, -0.2) is 17.8 Å². The molecule has 0 radical (unpaired) electrons. The van der Waals surface area contributed by atoms with Crippen molar-refractivity contribution < 1.29 is 14.2 Å². The topological polar surface area (TPSA) is 29.5 Å². The van der Waals surface area contributed by atoms with Crippen LogP contribution in [0.15, 0.2) is 42.5 Å². The summed E-state index contributed by atoms with van der Waals surface area (Å²) in [5.41, 5.74) is 3.31. The second-order valence-electron chi connectivity index (χ2n) is 5.57. The third kappa shape index (κ3) is 3.61. The minimum absolute atomic E-state index is 0.252. The lowest BCUT2D eigenvalue weighted by Gasteiger charge is -2.11. The van der Waals surface area contributed by atoms with Crippen LogP contribution in [0.25, 0.3) is 0 Å². The molecule has 110 valence electrons. The number of aryl methyl sites for hydroxylation is 1. The van der Waals surface area contributed by atoms with Crippen LogP contribution in [0.4, 0.5) is 4.39 Å². The van der Waals surface area contributed by atoms with Crippen molar-refractivity contribution in [2.24, 2.45) is 0 Å². The fourth-order valence-corrected chi connectivity index (χ4v) is 2.77. The molecule has 3 rings (SSSR count). The summed E-state index contributed by atoms with van der Waals surface area (Å²) in [6.07, 6.45) is 2.51. The van der Waals surface area contributed by atoms with Gasteiger partial charge in [-0.25, -0.2) is 4.39 Å². The van der Waals surface area contributed by atoms with Crippen LogP contribution in [0.5, 0.6) is 5.75 Å². The quantitative estimate of drug-likeness (QED) is 0.914. The second-order valence-corrected chi connectivity index (χ2v) is 5.57. The third-order valence-electron chi connectivity index (χ3n) is 3.88. The van der Waals surface area contributed by atoms with E-state index in [4.69, 9.17) is 4.74 Å². The maximum absolute atomic E-state index is 13.1. The maximum Gasteiger partial charge on any atom is 0.123 e. The van der Waals surface area contributed by atoms with Gasteiger partial charge in [-0.2, -0.15) is 0 Å². The Morgan fingerprint density at radius 3 is 2.90 bits per heavy atom. The Balaban J connectivity index is 1.55. The van der Waals surface area contributed by atoms with E-state index in [2.05, 4.69) is 12.1 Å². The van der Waals surface area contributed by atoms with Crippen LogP contribution in [0.2, 0.25) is 0 Å². The van der Waals surface area contributed by atoms with E-state index >= 15 is 0 Å². The van der Waals surface area contributed by atoms with Crippen molar-refractivity contribution in [2.75, 3.05) is 6.61 Å². The Labute approximate surface area is 124 Å². The number of benzene rings is 2. The van der Waals surface area contributed by atoms with Crippen LogP contribution in [0.3, 0.4) is 0 Å². The van der Waals surface area contributed by atoms with Crippen LogP contribution in [0.1, 0.15) is 23.1 Å². The number of aliphatic hydroxyl groups is 1. The van der Waals surface area contributed by atoms with E-state index in [0.29, 0.717) is 12.8 Å². The normalized spacial score (nSPS) is 14.6. The average Bonchev–Trinajstić information content (AvgIpc) is 2.92. The van der Waals surface area contributed by atoms with Crippen molar-refractivity contribution in [3.05, 3.63) is 65.0 Å². The first-order valence-electron chi connectivity index (χ1n) is 7.38. The highest BCUT2D eigenvalue weighted by molar-refractivity contribution is 5.39. The van der Waals surface area contributed by atoms with E-state index in [1.807, 2.05) is 12.1 Å². The monoisotopic (exact) mass is 286 g/mol. The first-order chi connectivity index (χ1) is 10.2. The zero-order chi connectivity index (χ0) is 14.7. The minimum atomic E-state index is -0.448. The lowest BCUT2D eigenvalue weighted by atomic mass is 9.99. The number of rotatable bonds is 5. The van der Waals surface area contributed by atoms with Crippen LogP contribution < -0.4 is 4.74 Å². The molecule has 0 spiro atoms. The highest BCUT2D eigenvalue weighted by Crippen LogP contribution is 2.26. The fourth-order valence-electron chi connectivity index (χ4n) is 2.77. The number of ether oxygens (including phenoxy) is 1. The van der Waals surface area contributed by atoms with Crippen molar-refractivity contribution in [3.8, 4) is 5.75 Å². The number of aliphatic hydroxyl groups excluding tert-OH is 1. The Morgan fingerprint density at radius 1 is 1.14 bits per heavy atom. The van der Waals surface area contributed by atoms with Gasteiger partial charge in [0, 0.05) is 6.42 Å². The van der Waals surface area contributed by atoms with Gasteiger partial charge < -0.3 is 9.84 Å². The summed E-state index contributed by atoms with van der Waals surface area (Å²) in [6.45, 7) is 0.765. The molecule has 0 bridgehead atoms. The zero-order valence-corrected chi connectivity index (χ0v) is 11.9. The number of halogens is 1. The molecule has 1 heterocycles. The summed E-state index contributed by atoms with van der Waals surface area (Å²) in [4.78, 5) is 0. The van der Waals surface area contributed by atoms with Gasteiger partial charge in [-0.3, -0.25) is 0 Å². The third-order valence-corrected chi connectivity index (χ3v) is 3.88. The summed E-state index contributed by atoms with van der Waals surface area (Å²) in [6, 6.07) is 12.7. The number of fused-ring (bicyclic) bond motifs is 1. The summed E-state index contributed by atoms with van der Waals surface area (Å²) in [7, 11) is 0. The molecule has 0 aromatic heterocycles. The number of hydrogen-bond donors (Lipinski definition) is 1. The highest BCUT2D eigenvalue weighted by Gasteiger charge is 2.13. The van der Waals surface area contributed by atoms with Crippen molar-refractivity contribution in [2.45, 2.75) is 31.8 Å². The Kier molecular flexibility index (Phi) is 4.20. The van der Waals surface area contributed by atoms with Gasteiger partial charge in [0.15, 0.2) is 0 Å². The Morgan fingerprint density at radius 2 is 2.05 bits per heavy atom. The van der Waals surface area contributed by atoms with Crippen LogP contribution in [0, 0.1) is 5.82 Å². The molecule has 1 unspecified atom stereocenters. The second kappa shape index (κ2) is 6.27. The summed E-state index contributed by atoms with van der Waals surface area (Å²) >= 11 is 0. The molecule has 2 aromatic carbocycles. The van der Waals surface area contributed by atoms with Gasteiger partial charge in [-0.1, -0.05) is 24.3 Å². The fraction of sp³-hybridized carbons (Fsp3) is 0.333. The molecule has 1 aliphatic heterocycles. The van der Waals surface area contributed by atoms with E-state index in [0.717, 1.165) is 30.8 Å². The first-order valence-corrected chi connectivity index (χ1v) is 7.38. The minimum Gasteiger partial charge on any atom is -0.493 e. The van der Waals surface area contributed by atoms with Gasteiger partial charge in [0.2, 0.25) is 0 Å². The molecule has 0 amide bonds. The maximum atomic E-state index is 13.1. The summed E-state index contributed by atoms with van der Waals surface area (Å²) < 4.78 is 18.6. The van der Waals surface area contributed by atoms with Crippen LogP contribution in [-0.2, 0) is 19.3 Å². The molecule has 0 saturated carbocycles. The SMILES string of the molecule is OC(CCc1ccc2c(c1)CCO2)Cc1cccc(F)c1. The lowest BCUT2D eigenvalue weighted by Crippen LogP contribution is -2.11. The highest BCUT2D eigenvalue weighted by atomic mass is 19.1. The molecule has 0 fully saturated rings. The number of hydrogen-bond acceptors (Lipinski definition) is 2. The molecule has 2 aromatic rings. The smallest absolute Gasteiger partial charge is 0.123 e. The molecular formula is C18H19FO2. The predicted molar refractivity (Wildman–Crippen MR) is 80.1 cm³/mol. The molecular weight excluding hydrogens is 267 g/mol. The molecule has 1 aliphatic rings. The van der Waals surface area contributed by atoms with Gasteiger partial charge >= 0.3 is 0 Å². The standard InChI is InChI=1S/C18H19FO2/c19-16-3-1-2-14(11-16)12-17(20)6-4-13-5-7-18-15(10-13)8-9-21-18/h1-3,5,7,10-11,17,20H,4,6,8-9,12H2. The van der Waals surface area contributed by atoms with E-state index in [1.165, 1.54) is 23.3 Å². The van der Waals surface area contributed by atoms with Crippen molar-refractivity contribution >= 4 is 0 Å². The average molecular weight is 286 g/mol. The lowest BCUT2D eigenvalue weighted by molar-refractivity contribution is 0.165. The van der Waals surface area contributed by atoms with E-state index < -0.39 is 6.10 Å². The van der Waals surface area contributed by atoms with Gasteiger partial charge in [0.25, 0.3) is 0 Å². The van der Waals surface area contributed by atoms with E-state index in [9.17, 15) is 9.50 Å². The van der Waals surface area contributed by atoms with Crippen molar-refractivity contribution in [1.29, 1.82) is 0 Å². The summed E-state index contributed by atoms with van der Waals surface area (Å²) in [5, 5.41) is 10.1. The molecule has 1 atom stereocenters. The van der Waals surface area contributed by atoms with Gasteiger partial charge in [-0.05, 0) is 54.2 Å². The Hall–Kier alpha value is -1.87. The summed E-state index contributed by atoms with van der Waals surface area (Å²) in [5.74, 6) is 0.734. The molecule has 0 saturated heterocycles. The molecule has 2 nitrogen and oxygen atoms in total. The zero-order valence-electron chi connectivity index (χ0n) is 11.9. The first kappa shape index (κ1) is 14.1. The van der Waals surface area contributed by atoms with E-state index in [-0.39, 0.29) is 5.82 Å². The van der Waals surface area contributed by atoms with Crippen molar-refractivity contribution in [3.63, 3.8) is 0 Å². The molecule has 21 heavy (non-hydrogen) atoms. The largest absolute Gasteiger partial charge is 0.493 e. The Bertz CT molecular complexity index is 624. The van der Waals surface area contributed by atoms with Gasteiger partial charge in [-0.15, -0.1) is 0 Å². The van der Waals surface area contributed by atoms with Gasteiger partial charge in [0.1, 0.15) is 11.6 Å².